The predicted molar refractivity (Wildman–Crippen MR) is 93.2 cm³/mol. The number of ketones is 2. The monoisotopic (exact) mass is 416 g/mol. The second kappa shape index (κ2) is 5.18. The van der Waals surface area contributed by atoms with E-state index in [9.17, 15) is 29.7 Å². The average Bonchev–Trinajstić information content (AvgIpc) is 2.56. The molecule has 0 atom stereocenters. The molecule has 0 radical (unpaired) electrons. The number of phenolic OH excluding ortho intramolecular Hbond substituents is 3. The summed E-state index contributed by atoms with van der Waals surface area (Å²) in [7, 11) is 0. The molecule has 26 heavy (non-hydrogen) atoms. The molecule has 0 unspecified atom stereocenters. The minimum Gasteiger partial charge on any atom is -0.507 e. The number of aromatic hydroxyl groups is 3. The fraction of sp³-hybridized carbons (Fsp3) is 0.0556. The molecule has 0 saturated carbocycles. The molecule has 7 nitrogen and oxygen atoms in total. The predicted octanol–water partition coefficient (Wildman–Crippen LogP) is 2.76. The van der Waals surface area contributed by atoms with Crippen LogP contribution in [0.2, 0.25) is 0 Å². The molecule has 0 fully saturated rings. The highest BCUT2D eigenvalue weighted by molar-refractivity contribution is 9.10. The molecule has 0 bridgehead atoms. The van der Waals surface area contributed by atoms with Gasteiger partial charge in [-0.15, -0.1) is 0 Å². The Balaban J connectivity index is 2.20. The summed E-state index contributed by atoms with van der Waals surface area (Å²) in [6, 6.07) is 3.23. The maximum absolute atomic E-state index is 13.0. The molecule has 1 heterocycles. The Morgan fingerprint density at radius 1 is 0.885 bits per heavy atom. The van der Waals surface area contributed by atoms with Crippen molar-refractivity contribution >= 4 is 38.5 Å². The Morgan fingerprint density at radius 2 is 1.50 bits per heavy atom. The summed E-state index contributed by atoms with van der Waals surface area (Å²) in [5.74, 6) is -2.78. The SMILES string of the molecule is Cc1cc(=O)c2c(O)cc3c(c2o1)C(=O)c1c(cc(O)c(Br)c1O)C3=O. The van der Waals surface area contributed by atoms with Crippen LogP contribution in [-0.4, -0.2) is 26.9 Å². The van der Waals surface area contributed by atoms with Crippen LogP contribution in [0, 0.1) is 6.92 Å². The van der Waals surface area contributed by atoms with Gasteiger partial charge in [0.1, 0.15) is 32.9 Å². The highest BCUT2D eigenvalue weighted by Crippen LogP contribution is 2.44. The van der Waals surface area contributed by atoms with Gasteiger partial charge in [0.05, 0.1) is 11.1 Å². The van der Waals surface area contributed by atoms with Crippen molar-refractivity contribution in [3.63, 3.8) is 0 Å². The zero-order valence-electron chi connectivity index (χ0n) is 13.1. The number of halogens is 1. The molecule has 1 aliphatic carbocycles. The van der Waals surface area contributed by atoms with Crippen molar-refractivity contribution in [3.8, 4) is 17.2 Å². The third-order valence-corrected chi connectivity index (χ3v) is 5.05. The van der Waals surface area contributed by atoms with E-state index in [0.29, 0.717) is 0 Å². The molecule has 0 amide bonds. The number of carbonyl (C=O) groups is 2. The van der Waals surface area contributed by atoms with E-state index in [-0.39, 0.29) is 43.5 Å². The zero-order chi connectivity index (χ0) is 18.9. The van der Waals surface area contributed by atoms with Gasteiger partial charge in [-0.25, -0.2) is 0 Å². The van der Waals surface area contributed by atoms with Gasteiger partial charge < -0.3 is 19.7 Å². The Bertz CT molecular complexity index is 1240. The van der Waals surface area contributed by atoms with Gasteiger partial charge in [0, 0.05) is 17.2 Å². The third kappa shape index (κ3) is 1.96. The Morgan fingerprint density at radius 3 is 2.19 bits per heavy atom. The fourth-order valence-corrected chi connectivity index (χ4v) is 3.46. The standard InChI is InChI=1S/C18H9BrO7/c1-5-2-8(20)13-9(21)3-7-12(18(13)26-5)16(24)11-6(15(7)23)4-10(22)14(19)17(11)25/h2-4,21-22,25H,1H3. The van der Waals surface area contributed by atoms with E-state index in [4.69, 9.17) is 4.42 Å². The van der Waals surface area contributed by atoms with Crippen molar-refractivity contribution in [2.45, 2.75) is 6.92 Å². The normalized spacial score (nSPS) is 13.0. The molecule has 8 heteroatoms. The zero-order valence-corrected chi connectivity index (χ0v) is 14.7. The van der Waals surface area contributed by atoms with Crippen LogP contribution in [0.25, 0.3) is 11.0 Å². The second-order valence-electron chi connectivity index (χ2n) is 5.88. The van der Waals surface area contributed by atoms with E-state index in [1.165, 1.54) is 6.92 Å². The van der Waals surface area contributed by atoms with Gasteiger partial charge in [0.25, 0.3) is 0 Å². The topological polar surface area (TPSA) is 125 Å². The number of benzene rings is 2. The summed E-state index contributed by atoms with van der Waals surface area (Å²) in [5.41, 5.74) is -1.71. The smallest absolute Gasteiger partial charge is 0.202 e. The number of phenols is 3. The Labute approximate surface area is 153 Å². The fourth-order valence-electron chi connectivity index (χ4n) is 3.15. The number of hydrogen-bond donors (Lipinski definition) is 3. The maximum atomic E-state index is 13.0. The number of rotatable bonds is 0. The van der Waals surface area contributed by atoms with Crippen molar-refractivity contribution < 1.29 is 29.3 Å². The average molecular weight is 417 g/mol. The lowest BCUT2D eigenvalue weighted by atomic mass is 9.82. The third-order valence-electron chi connectivity index (χ3n) is 4.27. The second-order valence-corrected chi connectivity index (χ2v) is 6.68. The first-order valence-corrected chi connectivity index (χ1v) is 8.16. The maximum Gasteiger partial charge on any atom is 0.202 e. The van der Waals surface area contributed by atoms with Crippen LogP contribution in [0.4, 0.5) is 0 Å². The minimum absolute atomic E-state index is 0.137. The van der Waals surface area contributed by atoms with E-state index in [0.717, 1.165) is 18.2 Å². The van der Waals surface area contributed by atoms with Crippen LogP contribution in [-0.2, 0) is 0 Å². The van der Waals surface area contributed by atoms with E-state index in [1.807, 2.05) is 0 Å². The van der Waals surface area contributed by atoms with E-state index in [1.54, 1.807) is 0 Å². The van der Waals surface area contributed by atoms with Gasteiger partial charge in [-0.05, 0) is 35.0 Å². The summed E-state index contributed by atoms with van der Waals surface area (Å²) in [6.45, 7) is 1.49. The first kappa shape index (κ1) is 16.3. The highest BCUT2D eigenvalue weighted by atomic mass is 79.9. The first-order valence-electron chi connectivity index (χ1n) is 7.36. The van der Waals surface area contributed by atoms with E-state index in [2.05, 4.69) is 15.9 Å². The van der Waals surface area contributed by atoms with Crippen molar-refractivity contribution in [2.75, 3.05) is 0 Å². The van der Waals surface area contributed by atoms with Crippen molar-refractivity contribution in [2.24, 2.45) is 0 Å². The molecule has 4 rings (SSSR count). The van der Waals surface area contributed by atoms with Gasteiger partial charge >= 0.3 is 0 Å². The van der Waals surface area contributed by atoms with Crippen LogP contribution >= 0.6 is 15.9 Å². The van der Waals surface area contributed by atoms with Gasteiger partial charge in [-0.2, -0.15) is 0 Å². The molecule has 1 aliphatic rings. The van der Waals surface area contributed by atoms with Gasteiger partial charge in [-0.1, -0.05) is 0 Å². The summed E-state index contributed by atoms with van der Waals surface area (Å²) < 4.78 is 5.34. The van der Waals surface area contributed by atoms with Crippen molar-refractivity contribution in [3.05, 3.63) is 60.9 Å². The summed E-state index contributed by atoms with van der Waals surface area (Å²) >= 11 is 2.95. The Kier molecular flexibility index (Phi) is 3.26. The lowest BCUT2D eigenvalue weighted by Crippen LogP contribution is -2.22. The Hall–Kier alpha value is -3.13. The summed E-state index contributed by atoms with van der Waals surface area (Å²) in [4.78, 5) is 38.0. The van der Waals surface area contributed by atoms with Crippen LogP contribution in [0.3, 0.4) is 0 Å². The van der Waals surface area contributed by atoms with Crippen molar-refractivity contribution in [1.29, 1.82) is 0 Å². The molecule has 130 valence electrons. The first-order chi connectivity index (χ1) is 12.2. The van der Waals surface area contributed by atoms with Crippen LogP contribution in [0.5, 0.6) is 17.2 Å². The van der Waals surface area contributed by atoms with E-state index >= 15 is 0 Å². The molecular formula is C18H9BrO7. The molecule has 0 aliphatic heterocycles. The molecule has 0 saturated heterocycles. The van der Waals surface area contributed by atoms with Crippen LogP contribution < -0.4 is 5.43 Å². The number of aryl methyl sites for hydroxylation is 1. The molecule has 2 aromatic carbocycles. The molecule has 3 N–H and O–H groups in total. The number of hydrogen-bond acceptors (Lipinski definition) is 7. The van der Waals surface area contributed by atoms with Crippen molar-refractivity contribution in [1.82, 2.24) is 0 Å². The molecular weight excluding hydrogens is 408 g/mol. The van der Waals surface area contributed by atoms with Gasteiger partial charge in [0.2, 0.25) is 5.78 Å². The van der Waals surface area contributed by atoms with E-state index < -0.39 is 34.2 Å². The van der Waals surface area contributed by atoms with Gasteiger partial charge in [-0.3, -0.25) is 14.4 Å². The summed E-state index contributed by atoms with van der Waals surface area (Å²) in [6.07, 6.45) is 0. The number of carbonyl (C=O) groups excluding carboxylic acids is 2. The minimum atomic E-state index is -0.758. The molecule has 3 aromatic rings. The van der Waals surface area contributed by atoms with Crippen LogP contribution in [0.15, 0.2) is 31.9 Å². The largest absolute Gasteiger partial charge is 0.507 e. The van der Waals surface area contributed by atoms with Gasteiger partial charge in [0.15, 0.2) is 16.8 Å². The quantitative estimate of drug-likeness (QED) is 0.402. The molecule has 1 aromatic heterocycles. The number of fused-ring (bicyclic) bond motifs is 4. The highest BCUT2D eigenvalue weighted by Gasteiger charge is 2.37. The molecule has 0 spiro atoms. The lowest BCUT2D eigenvalue weighted by molar-refractivity contribution is 0.0976. The van der Waals surface area contributed by atoms with Crippen LogP contribution in [0.1, 0.15) is 37.6 Å². The lowest BCUT2D eigenvalue weighted by Gasteiger charge is -2.20. The summed E-state index contributed by atoms with van der Waals surface area (Å²) in [5, 5.41) is 30.0.